The number of carbonyl (C=O) groups is 1. The van der Waals surface area contributed by atoms with Crippen LogP contribution in [0.3, 0.4) is 0 Å². The predicted octanol–water partition coefficient (Wildman–Crippen LogP) is 3.13. The molecular formula is C17H15N3O4S. The van der Waals surface area contributed by atoms with E-state index in [1.165, 1.54) is 31.4 Å². The minimum Gasteiger partial charge on any atom is -0.495 e. The van der Waals surface area contributed by atoms with Gasteiger partial charge in [-0.3, -0.25) is 20.2 Å². The monoisotopic (exact) mass is 357 g/mol. The molecule has 0 aromatic heterocycles. The number of hydrogen-bond donors (Lipinski definition) is 2. The molecule has 0 unspecified atom stereocenters. The molecule has 25 heavy (non-hydrogen) atoms. The van der Waals surface area contributed by atoms with Gasteiger partial charge in [0.15, 0.2) is 5.11 Å². The largest absolute Gasteiger partial charge is 0.495 e. The van der Waals surface area contributed by atoms with E-state index in [9.17, 15) is 14.9 Å². The summed E-state index contributed by atoms with van der Waals surface area (Å²) in [5, 5.41) is 16.2. The van der Waals surface area contributed by atoms with Crippen LogP contribution in [-0.2, 0) is 4.79 Å². The highest BCUT2D eigenvalue weighted by Crippen LogP contribution is 2.22. The molecule has 0 saturated heterocycles. The molecule has 7 nitrogen and oxygen atoms in total. The van der Waals surface area contributed by atoms with Crippen LogP contribution < -0.4 is 15.4 Å². The van der Waals surface area contributed by atoms with Crippen molar-refractivity contribution in [2.75, 3.05) is 12.4 Å². The van der Waals surface area contributed by atoms with Crippen LogP contribution in [0.15, 0.2) is 54.6 Å². The summed E-state index contributed by atoms with van der Waals surface area (Å²) in [4.78, 5) is 22.1. The van der Waals surface area contributed by atoms with Gasteiger partial charge in [-0.2, -0.15) is 0 Å². The van der Waals surface area contributed by atoms with Crippen molar-refractivity contribution in [3.05, 3.63) is 70.3 Å². The van der Waals surface area contributed by atoms with E-state index in [1.807, 2.05) is 6.07 Å². The number of methoxy groups -OCH3 is 1. The molecule has 1 amide bonds. The number of para-hydroxylation sites is 2. The molecule has 0 aliphatic rings. The average molecular weight is 357 g/mol. The number of nitro benzene ring substituents is 1. The van der Waals surface area contributed by atoms with E-state index in [0.717, 1.165) is 0 Å². The second-order valence-electron chi connectivity index (χ2n) is 4.83. The Hall–Kier alpha value is -3.26. The molecule has 2 aromatic rings. The highest BCUT2D eigenvalue weighted by Gasteiger charge is 2.07. The van der Waals surface area contributed by atoms with Crippen LogP contribution in [0.4, 0.5) is 11.4 Å². The molecule has 2 rings (SSSR count). The number of anilines is 1. The van der Waals surface area contributed by atoms with E-state index in [0.29, 0.717) is 17.0 Å². The van der Waals surface area contributed by atoms with Crippen molar-refractivity contribution >= 4 is 40.7 Å². The number of hydrogen-bond acceptors (Lipinski definition) is 5. The van der Waals surface area contributed by atoms with Crippen molar-refractivity contribution in [2.24, 2.45) is 0 Å². The first-order chi connectivity index (χ1) is 12.0. The Balaban J connectivity index is 1.96. The summed E-state index contributed by atoms with van der Waals surface area (Å²) in [6, 6.07) is 13.1. The predicted molar refractivity (Wildman–Crippen MR) is 99.5 cm³/mol. The molecule has 0 aliphatic heterocycles. The Morgan fingerprint density at radius 1 is 1.24 bits per heavy atom. The lowest BCUT2D eigenvalue weighted by Crippen LogP contribution is -2.32. The van der Waals surface area contributed by atoms with Crippen LogP contribution in [0, 0.1) is 10.1 Å². The molecular weight excluding hydrogens is 342 g/mol. The summed E-state index contributed by atoms with van der Waals surface area (Å²) >= 11 is 5.08. The summed E-state index contributed by atoms with van der Waals surface area (Å²) in [5.41, 5.74) is 1.11. The molecule has 0 radical (unpaired) electrons. The molecule has 0 fully saturated rings. The number of ether oxygens (including phenoxy) is 1. The van der Waals surface area contributed by atoms with Crippen molar-refractivity contribution in [3.63, 3.8) is 0 Å². The Bertz CT molecular complexity index is 836. The maximum absolute atomic E-state index is 11.9. The fraction of sp³-hybridized carbons (Fsp3) is 0.0588. The van der Waals surface area contributed by atoms with Crippen LogP contribution in [0.5, 0.6) is 5.75 Å². The van der Waals surface area contributed by atoms with Crippen LogP contribution in [-0.4, -0.2) is 23.1 Å². The molecule has 128 valence electrons. The standard InChI is InChI=1S/C17H15N3O4S/c1-24-15-8-3-2-7-14(15)18-17(25)19-16(21)10-9-12-5-4-6-13(11-12)20(22)23/h2-11H,1H3,(H2,18,19,21,25). The number of thiocarbonyl (C=S) groups is 1. The van der Waals surface area contributed by atoms with E-state index in [4.69, 9.17) is 17.0 Å². The maximum Gasteiger partial charge on any atom is 0.270 e. The Morgan fingerprint density at radius 3 is 2.72 bits per heavy atom. The number of nitrogens with one attached hydrogen (secondary N) is 2. The van der Waals surface area contributed by atoms with Crippen molar-refractivity contribution in [2.45, 2.75) is 0 Å². The third-order valence-electron chi connectivity index (χ3n) is 3.10. The van der Waals surface area contributed by atoms with Crippen molar-refractivity contribution in [3.8, 4) is 5.75 Å². The zero-order valence-electron chi connectivity index (χ0n) is 13.3. The molecule has 0 spiro atoms. The fourth-order valence-corrected chi connectivity index (χ4v) is 2.18. The van der Waals surface area contributed by atoms with Gasteiger partial charge in [0.25, 0.3) is 5.69 Å². The number of non-ortho nitro benzene ring substituents is 1. The summed E-state index contributed by atoms with van der Waals surface area (Å²) in [5.74, 6) is 0.130. The first-order valence-corrected chi connectivity index (χ1v) is 7.58. The lowest BCUT2D eigenvalue weighted by molar-refractivity contribution is -0.384. The van der Waals surface area contributed by atoms with Gasteiger partial charge in [-0.05, 0) is 36.0 Å². The second kappa shape index (κ2) is 8.55. The van der Waals surface area contributed by atoms with E-state index >= 15 is 0 Å². The van der Waals surface area contributed by atoms with Gasteiger partial charge in [0.2, 0.25) is 5.91 Å². The molecule has 2 N–H and O–H groups in total. The van der Waals surface area contributed by atoms with Gasteiger partial charge >= 0.3 is 0 Å². The highest BCUT2D eigenvalue weighted by molar-refractivity contribution is 7.80. The van der Waals surface area contributed by atoms with Crippen molar-refractivity contribution < 1.29 is 14.5 Å². The normalized spacial score (nSPS) is 10.3. The SMILES string of the molecule is COc1ccccc1NC(=S)NC(=O)C=Cc1cccc([N+](=O)[O-])c1. The van der Waals surface area contributed by atoms with Gasteiger partial charge in [0.05, 0.1) is 17.7 Å². The summed E-state index contributed by atoms with van der Waals surface area (Å²) < 4.78 is 5.18. The Labute approximate surface area is 149 Å². The van der Waals surface area contributed by atoms with Crippen molar-refractivity contribution in [1.82, 2.24) is 5.32 Å². The number of amides is 1. The zero-order valence-corrected chi connectivity index (χ0v) is 14.1. The summed E-state index contributed by atoms with van der Waals surface area (Å²) in [7, 11) is 1.53. The third-order valence-corrected chi connectivity index (χ3v) is 3.30. The van der Waals surface area contributed by atoms with Gasteiger partial charge in [0.1, 0.15) is 5.75 Å². The number of nitro groups is 1. The lowest BCUT2D eigenvalue weighted by atomic mass is 10.2. The maximum atomic E-state index is 11.9. The first-order valence-electron chi connectivity index (χ1n) is 7.17. The van der Waals surface area contributed by atoms with E-state index in [1.54, 1.807) is 30.3 Å². The van der Waals surface area contributed by atoms with Crippen LogP contribution >= 0.6 is 12.2 Å². The van der Waals surface area contributed by atoms with Gasteiger partial charge in [0, 0.05) is 18.2 Å². The molecule has 0 aliphatic carbocycles. The summed E-state index contributed by atoms with van der Waals surface area (Å²) in [6.45, 7) is 0. The Kier molecular flexibility index (Phi) is 6.19. The van der Waals surface area contributed by atoms with Crippen LogP contribution in [0.25, 0.3) is 6.08 Å². The smallest absolute Gasteiger partial charge is 0.270 e. The van der Waals surface area contributed by atoms with E-state index < -0.39 is 10.8 Å². The molecule has 0 bridgehead atoms. The topological polar surface area (TPSA) is 93.5 Å². The molecule has 0 atom stereocenters. The number of rotatable bonds is 5. The third kappa shape index (κ3) is 5.40. The van der Waals surface area contributed by atoms with Crippen molar-refractivity contribution in [1.29, 1.82) is 0 Å². The van der Waals surface area contributed by atoms with E-state index in [2.05, 4.69) is 10.6 Å². The fourth-order valence-electron chi connectivity index (χ4n) is 1.97. The van der Waals surface area contributed by atoms with Crippen LogP contribution in [0.2, 0.25) is 0 Å². The molecule has 0 heterocycles. The molecule has 0 saturated carbocycles. The summed E-state index contributed by atoms with van der Waals surface area (Å²) in [6.07, 6.45) is 2.71. The van der Waals surface area contributed by atoms with Crippen LogP contribution in [0.1, 0.15) is 5.56 Å². The van der Waals surface area contributed by atoms with Gasteiger partial charge in [-0.25, -0.2) is 0 Å². The van der Waals surface area contributed by atoms with Gasteiger partial charge in [-0.15, -0.1) is 0 Å². The number of benzene rings is 2. The lowest BCUT2D eigenvalue weighted by Gasteiger charge is -2.11. The van der Waals surface area contributed by atoms with Gasteiger partial charge < -0.3 is 10.1 Å². The Morgan fingerprint density at radius 2 is 2.00 bits per heavy atom. The first kappa shape index (κ1) is 18.1. The minimum absolute atomic E-state index is 0.0454. The minimum atomic E-state index is -0.496. The second-order valence-corrected chi connectivity index (χ2v) is 5.24. The quantitative estimate of drug-likeness (QED) is 0.370. The number of nitrogens with zero attached hydrogens (tertiary/aromatic N) is 1. The molecule has 8 heteroatoms. The van der Waals surface area contributed by atoms with Gasteiger partial charge in [-0.1, -0.05) is 24.3 Å². The molecule has 2 aromatic carbocycles. The number of carbonyl (C=O) groups excluding carboxylic acids is 1. The zero-order chi connectivity index (χ0) is 18.2. The average Bonchev–Trinajstić information content (AvgIpc) is 2.60. The van der Waals surface area contributed by atoms with E-state index in [-0.39, 0.29) is 10.8 Å². The highest BCUT2D eigenvalue weighted by atomic mass is 32.1.